The van der Waals surface area contributed by atoms with Crippen LogP contribution in [0, 0.1) is 12.7 Å². The van der Waals surface area contributed by atoms with Crippen LogP contribution < -0.4 is 5.32 Å². The van der Waals surface area contributed by atoms with Crippen molar-refractivity contribution >= 4 is 17.3 Å². The maximum absolute atomic E-state index is 12.9. The number of nitrogens with zero attached hydrogens (tertiary/aromatic N) is 2. The molecular weight excluding hydrogens is 265 g/mol. The normalized spacial score (nSPS) is 12.2. The SMILES string of the molecule is CCC(Nc1cnc(Cl)c(C)c1)c1ccc(F)cn1. The van der Waals surface area contributed by atoms with E-state index < -0.39 is 0 Å². The summed E-state index contributed by atoms with van der Waals surface area (Å²) in [7, 11) is 0. The average Bonchev–Trinajstić information content (AvgIpc) is 2.41. The Labute approximate surface area is 116 Å². The van der Waals surface area contributed by atoms with Crippen molar-refractivity contribution < 1.29 is 4.39 Å². The van der Waals surface area contributed by atoms with Gasteiger partial charge >= 0.3 is 0 Å². The Morgan fingerprint density at radius 2 is 2.11 bits per heavy atom. The van der Waals surface area contributed by atoms with E-state index in [1.165, 1.54) is 12.3 Å². The zero-order valence-corrected chi connectivity index (χ0v) is 11.6. The summed E-state index contributed by atoms with van der Waals surface area (Å²) in [5.74, 6) is -0.331. The first-order valence-electron chi connectivity index (χ1n) is 6.10. The predicted molar refractivity (Wildman–Crippen MR) is 74.8 cm³/mol. The fourth-order valence-corrected chi connectivity index (χ4v) is 1.92. The number of aromatic nitrogens is 2. The Balaban J connectivity index is 2.18. The molecule has 19 heavy (non-hydrogen) atoms. The lowest BCUT2D eigenvalue weighted by Gasteiger charge is -2.18. The Hall–Kier alpha value is -1.68. The van der Waals surface area contributed by atoms with E-state index >= 15 is 0 Å². The minimum Gasteiger partial charge on any atom is -0.375 e. The van der Waals surface area contributed by atoms with Crippen molar-refractivity contribution in [2.75, 3.05) is 5.32 Å². The van der Waals surface area contributed by atoms with Crippen molar-refractivity contribution in [2.45, 2.75) is 26.3 Å². The molecule has 0 aliphatic carbocycles. The molecule has 0 radical (unpaired) electrons. The molecule has 0 aromatic carbocycles. The molecule has 0 amide bonds. The standard InChI is InChI=1S/C14H15ClFN3/c1-3-12(13-5-4-10(16)7-17-13)19-11-6-9(2)14(15)18-8-11/h4-8,12,19H,3H2,1-2H3. The molecule has 3 nitrogen and oxygen atoms in total. The highest BCUT2D eigenvalue weighted by Gasteiger charge is 2.11. The molecule has 5 heteroatoms. The van der Waals surface area contributed by atoms with Crippen LogP contribution in [0.1, 0.15) is 30.6 Å². The molecule has 2 aromatic heterocycles. The van der Waals surface area contributed by atoms with E-state index in [0.717, 1.165) is 23.4 Å². The van der Waals surface area contributed by atoms with Gasteiger partial charge in [0.25, 0.3) is 0 Å². The van der Waals surface area contributed by atoms with Crippen LogP contribution in [0.25, 0.3) is 0 Å². The molecule has 0 spiro atoms. The highest BCUT2D eigenvalue weighted by atomic mass is 35.5. The van der Waals surface area contributed by atoms with Crippen molar-refractivity contribution in [1.29, 1.82) is 0 Å². The minimum absolute atomic E-state index is 0.0166. The highest BCUT2D eigenvalue weighted by molar-refractivity contribution is 6.30. The topological polar surface area (TPSA) is 37.8 Å². The maximum atomic E-state index is 12.9. The first-order valence-corrected chi connectivity index (χ1v) is 6.48. The van der Waals surface area contributed by atoms with Crippen molar-refractivity contribution in [1.82, 2.24) is 9.97 Å². The average molecular weight is 280 g/mol. The third-order valence-electron chi connectivity index (χ3n) is 2.87. The molecule has 0 fully saturated rings. The zero-order valence-electron chi connectivity index (χ0n) is 10.8. The molecule has 0 saturated carbocycles. The third-order valence-corrected chi connectivity index (χ3v) is 3.27. The number of hydrogen-bond acceptors (Lipinski definition) is 3. The van der Waals surface area contributed by atoms with Crippen LogP contribution in [0.4, 0.5) is 10.1 Å². The Morgan fingerprint density at radius 1 is 1.32 bits per heavy atom. The second kappa shape index (κ2) is 5.97. The number of aryl methyl sites for hydroxylation is 1. The predicted octanol–water partition coefficient (Wildman–Crippen LogP) is 4.14. The fourth-order valence-electron chi connectivity index (χ4n) is 1.82. The summed E-state index contributed by atoms with van der Waals surface area (Å²) >= 11 is 5.89. The van der Waals surface area contributed by atoms with Gasteiger partial charge in [0.1, 0.15) is 11.0 Å². The summed E-state index contributed by atoms with van der Waals surface area (Å²) in [4.78, 5) is 8.20. The van der Waals surface area contributed by atoms with Gasteiger partial charge in [-0.25, -0.2) is 9.37 Å². The smallest absolute Gasteiger partial charge is 0.141 e. The Morgan fingerprint density at radius 3 is 2.68 bits per heavy atom. The highest BCUT2D eigenvalue weighted by Crippen LogP contribution is 2.23. The van der Waals surface area contributed by atoms with E-state index in [2.05, 4.69) is 15.3 Å². The van der Waals surface area contributed by atoms with Gasteiger partial charge in [0.05, 0.1) is 29.8 Å². The summed E-state index contributed by atoms with van der Waals surface area (Å²) < 4.78 is 12.9. The molecule has 2 aromatic rings. The van der Waals surface area contributed by atoms with Crippen LogP contribution in [-0.4, -0.2) is 9.97 Å². The molecule has 1 atom stereocenters. The van der Waals surface area contributed by atoms with Crippen LogP contribution in [0.5, 0.6) is 0 Å². The molecule has 0 aliphatic rings. The van der Waals surface area contributed by atoms with Crippen molar-refractivity contribution in [2.24, 2.45) is 0 Å². The van der Waals surface area contributed by atoms with Crippen LogP contribution >= 0.6 is 11.6 Å². The second-order valence-electron chi connectivity index (χ2n) is 4.34. The van der Waals surface area contributed by atoms with Crippen LogP contribution in [0.15, 0.2) is 30.6 Å². The number of halogens is 2. The fraction of sp³-hybridized carbons (Fsp3) is 0.286. The van der Waals surface area contributed by atoms with Gasteiger partial charge in [-0.3, -0.25) is 4.98 Å². The zero-order chi connectivity index (χ0) is 13.8. The van der Waals surface area contributed by atoms with E-state index in [0.29, 0.717) is 5.15 Å². The lowest BCUT2D eigenvalue weighted by atomic mass is 10.1. The molecule has 1 N–H and O–H groups in total. The van der Waals surface area contributed by atoms with Gasteiger partial charge in [0.15, 0.2) is 0 Å². The van der Waals surface area contributed by atoms with E-state index in [1.807, 2.05) is 19.9 Å². The van der Waals surface area contributed by atoms with Crippen LogP contribution in [-0.2, 0) is 0 Å². The summed E-state index contributed by atoms with van der Waals surface area (Å²) in [5, 5.41) is 3.82. The van der Waals surface area contributed by atoms with Gasteiger partial charge in [-0.2, -0.15) is 0 Å². The van der Waals surface area contributed by atoms with Crippen LogP contribution in [0.2, 0.25) is 5.15 Å². The van der Waals surface area contributed by atoms with Gasteiger partial charge in [-0.15, -0.1) is 0 Å². The Bertz CT molecular complexity index is 557. The van der Waals surface area contributed by atoms with E-state index in [1.54, 1.807) is 12.3 Å². The number of hydrogen-bond donors (Lipinski definition) is 1. The van der Waals surface area contributed by atoms with E-state index in [-0.39, 0.29) is 11.9 Å². The van der Waals surface area contributed by atoms with Crippen LogP contribution in [0.3, 0.4) is 0 Å². The van der Waals surface area contributed by atoms with Gasteiger partial charge in [-0.05, 0) is 37.1 Å². The molecule has 1 unspecified atom stereocenters. The lowest BCUT2D eigenvalue weighted by Crippen LogP contribution is -2.11. The van der Waals surface area contributed by atoms with Crippen molar-refractivity contribution in [3.05, 3.63) is 52.8 Å². The summed E-state index contributed by atoms with van der Waals surface area (Å²) in [6, 6.07) is 5.05. The summed E-state index contributed by atoms with van der Waals surface area (Å²) in [5.41, 5.74) is 2.59. The number of rotatable bonds is 4. The quantitative estimate of drug-likeness (QED) is 0.855. The lowest BCUT2D eigenvalue weighted by molar-refractivity contribution is 0.614. The first kappa shape index (κ1) is 13.7. The monoisotopic (exact) mass is 279 g/mol. The molecule has 100 valence electrons. The number of anilines is 1. The van der Waals surface area contributed by atoms with Crippen molar-refractivity contribution in [3.63, 3.8) is 0 Å². The summed E-state index contributed by atoms with van der Waals surface area (Å²) in [6.07, 6.45) is 3.74. The third kappa shape index (κ3) is 3.41. The maximum Gasteiger partial charge on any atom is 0.141 e. The van der Waals surface area contributed by atoms with Gasteiger partial charge in [-0.1, -0.05) is 18.5 Å². The molecular formula is C14H15ClFN3. The summed E-state index contributed by atoms with van der Waals surface area (Å²) in [6.45, 7) is 3.94. The molecule has 0 aliphatic heterocycles. The van der Waals surface area contributed by atoms with Crippen molar-refractivity contribution in [3.8, 4) is 0 Å². The number of pyridine rings is 2. The second-order valence-corrected chi connectivity index (χ2v) is 4.70. The van der Waals surface area contributed by atoms with Gasteiger partial charge in [0, 0.05) is 0 Å². The first-order chi connectivity index (χ1) is 9.10. The largest absolute Gasteiger partial charge is 0.375 e. The molecule has 2 heterocycles. The van der Waals surface area contributed by atoms with Gasteiger partial charge in [0.2, 0.25) is 0 Å². The Kier molecular flexibility index (Phi) is 4.32. The van der Waals surface area contributed by atoms with E-state index in [9.17, 15) is 4.39 Å². The minimum atomic E-state index is -0.331. The number of nitrogens with one attached hydrogen (secondary N) is 1. The van der Waals surface area contributed by atoms with E-state index in [4.69, 9.17) is 11.6 Å². The molecule has 2 rings (SSSR count). The molecule has 0 saturated heterocycles. The molecule has 0 bridgehead atoms. The van der Waals surface area contributed by atoms with Gasteiger partial charge < -0.3 is 5.32 Å².